The molecule has 1 fully saturated rings. The SMILES string of the molecule is COC(=O)[C@H](CCCCNC(=O)CCCCCCC(=O)Cc1cccc(COc2cc(OC)c(C(=O)N[C@H]3[C@@H](OC)O[C@H](CO)[C@@H](O)[C@@H]3O)cc2Cl)c1)NC(=O)OC(C)(C)C. The Morgan fingerprint density at radius 3 is 2.25 bits per heavy atom. The van der Waals surface area contributed by atoms with Crippen LogP contribution < -0.4 is 25.4 Å². The number of benzene rings is 2. The number of alkyl carbamates (subject to hydrolysis) is 1. The monoisotopic (exact) mass is 879 g/mol. The van der Waals surface area contributed by atoms with Crippen LogP contribution in [0.15, 0.2) is 36.4 Å². The molecule has 3 amide bonds. The maximum Gasteiger partial charge on any atom is 0.408 e. The summed E-state index contributed by atoms with van der Waals surface area (Å²) in [5.41, 5.74) is 0.945. The number of nitrogens with one attached hydrogen (secondary N) is 3. The van der Waals surface area contributed by atoms with Gasteiger partial charge in [0.25, 0.3) is 5.91 Å². The van der Waals surface area contributed by atoms with Crippen LogP contribution in [0.4, 0.5) is 4.79 Å². The minimum absolute atomic E-state index is 0.0241. The molecule has 61 heavy (non-hydrogen) atoms. The number of unbranched alkanes of at least 4 members (excludes halogenated alkanes) is 4. The summed E-state index contributed by atoms with van der Waals surface area (Å²) in [5, 5.41) is 38.5. The molecule has 0 spiro atoms. The van der Waals surface area contributed by atoms with Gasteiger partial charge in [0.1, 0.15) is 59.9 Å². The molecule has 0 bridgehead atoms. The Labute approximate surface area is 362 Å². The van der Waals surface area contributed by atoms with Crippen LogP contribution in [0.2, 0.25) is 5.02 Å². The van der Waals surface area contributed by atoms with Crippen molar-refractivity contribution in [2.45, 2.75) is 134 Å². The number of ketones is 1. The molecule has 3 rings (SSSR count). The van der Waals surface area contributed by atoms with Crippen LogP contribution in [0.25, 0.3) is 0 Å². The van der Waals surface area contributed by atoms with Gasteiger partial charge in [0.2, 0.25) is 5.91 Å². The highest BCUT2D eigenvalue weighted by Gasteiger charge is 2.45. The van der Waals surface area contributed by atoms with E-state index in [4.69, 9.17) is 40.0 Å². The van der Waals surface area contributed by atoms with E-state index in [9.17, 15) is 39.3 Å². The van der Waals surface area contributed by atoms with Crippen LogP contribution in [0.5, 0.6) is 11.5 Å². The van der Waals surface area contributed by atoms with E-state index in [1.54, 1.807) is 20.8 Å². The van der Waals surface area contributed by atoms with Gasteiger partial charge in [0.05, 0.1) is 31.4 Å². The molecule has 340 valence electrons. The fraction of sp³-hybridized carbons (Fsp3) is 0.605. The second-order valence-corrected chi connectivity index (χ2v) is 16.1. The fourth-order valence-corrected chi connectivity index (χ4v) is 6.77. The molecule has 1 aliphatic rings. The molecule has 18 heteroatoms. The molecule has 1 aliphatic heterocycles. The predicted octanol–water partition coefficient (Wildman–Crippen LogP) is 3.92. The number of hydrogen-bond acceptors (Lipinski definition) is 14. The molecular formula is C43H62ClN3O14. The lowest BCUT2D eigenvalue weighted by atomic mass is 9.96. The van der Waals surface area contributed by atoms with E-state index in [1.807, 2.05) is 24.3 Å². The van der Waals surface area contributed by atoms with E-state index in [0.717, 1.165) is 24.0 Å². The Kier molecular flexibility index (Phi) is 21.2. The number of esters is 1. The van der Waals surface area contributed by atoms with E-state index in [0.29, 0.717) is 51.5 Å². The Morgan fingerprint density at radius 1 is 0.885 bits per heavy atom. The van der Waals surface area contributed by atoms with Crippen molar-refractivity contribution in [2.24, 2.45) is 0 Å². The van der Waals surface area contributed by atoms with Crippen LogP contribution in [-0.4, -0.2) is 122 Å². The fourth-order valence-electron chi connectivity index (χ4n) is 6.56. The number of methoxy groups -OCH3 is 3. The summed E-state index contributed by atoms with van der Waals surface area (Å²) in [6.45, 7) is 5.18. The van der Waals surface area contributed by atoms with Crippen molar-refractivity contribution in [1.29, 1.82) is 0 Å². The van der Waals surface area contributed by atoms with Crippen molar-refractivity contribution in [3.63, 3.8) is 0 Å². The zero-order valence-electron chi connectivity index (χ0n) is 35.8. The van der Waals surface area contributed by atoms with Gasteiger partial charge < -0.3 is 59.7 Å². The molecule has 6 N–H and O–H groups in total. The number of amides is 3. The molecule has 0 unspecified atom stereocenters. The van der Waals surface area contributed by atoms with Crippen molar-refractivity contribution in [3.8, 4) is 11.5 Å². The highest BCUT2D eigenvalue weighted by molar-refractivity contribution is 6.32. The van der Waals surface area contributed by atoms with E-state index >= 15 is 0 Å². The van der Waals surface area contributed by atoms with Crippen LogP contribution in [0.1, 0.15) is 100 Å². The first-order valence-electron chi connectivity index (χ1n) is 20.4. The lowest BCUT2D eigenvalue weighted by Gasteiger charge is -2.41. The lowest BCUT2D eigenvalue weighted by Crippen LogP contribution is -2.64. The predicted molar refractivity (Wildman–Crippen MR) is 223 cm³/mol. The van der Waals surface area contributed by atoms with Gasteiger partial charge in [-0.15, -0.1) is 0 Å². The second-order valence-electron chi connectivity index (χ2n) is 15.7. The largest absolute Gasteiger partial charge is 0.496 e. The number of halogens is 1. The van der Waals surface area contributed by atoms with Crippen LogP contribution in [0, 0.1) is 0 Å². The van der Waals surface area contributed by atoms with Crippen LogP contribution in [0.3, 0.4) is 0 Å². The summed E-state index contributed by atoms with van der Waals surface area (Å²) >= 11 is 6.51. The Hall–Kier alpha value is -4.52. The van der Waals surface area contributed by atoms with E-state index in [1.165, 1.54) is 33.5 Å². The van der Waals surface area contributed by atoms with Crippen LogP contribution >= 0.6 is 11.6 Å². The first-order chi connectivity index (χ1) is 29.0. The van der Waals surface area contributed by atoms with Crippen molar-refractivity contribution < 1.29 is 67.7 Å². The Balaban J connectivity index is 1.36. The summed E-state index contributed by atoms with van der Waals surface area (Å²) in [5.74, 6) is -0.858. The molecule has 2 aromatic rings. The zero-order valence-corrected chi connectivity index (χ0v) is 36.6. The molecule has 0 aromatic heterocycles. The van der Waals surface area contributed by atoms with Crippen molar-refractivity contribution in [3.05, 3.63) is 58.1 Å². The number of Topliss-reactive ketones (excluding diaryl/α,β-unsaturated/α-hetero) is 1. The molecule has 1 saturated heterocycles. The maximum absolute atomic E-state index is 13.3. The third-order valence-corrected chi connectivity index (χ3v) is 10.0. The standard InChI is InChI=1S/C43H62ClN3O14/c1-43(2,3)61-42(55)46-31(40(54)57-5)17-11-12-19-45-35(50)18-10-8-7-9-16-28(49)21-26-14-13-15-27(20-26)25-59-33-23-32(56-4)29(22-30(33)44)39(53)47-36-38(52)37(51)34(24-48)60-41(36)58-6/h13-15,20,22-23,31,34,36-38,41,48,51-52H,7-12,16-19,21,24-25H2,1-6H3,(H,45,50)(H,46,55)(H,47,53)/t31-,34+,36+,37+,38+,41-/m0/s1. The van der Waals surface area contributed by atoms with Crippen molar-refractivity contribution in [1.82, 2.24) is 16.0 Å². The molecular weight excluding hydrogens is 818 g/mol. The Bertz CT molecular complexity index is 1750. The van der Waals surface area contributed by atoms with Gasteiger partial charge in [-0.05, 0) is 70.1 Å². The molecule has 1 heterocycles. The van der Waals surface area contributed by atoms with Gasteiger partial charge in [-0.1, -0.05) is 48.7 Å². The first kappa shape index (κ1) is 50.8. The van der Waals surface area contributed by atoms with Crippen molar-refractivity contribution >= 4 is 41.3 Å². The smallest absolute Gasteiger partial charge is 0.408 e. The number of ether oxygens (including phenoxy) is 6. The third kappa shape index (κ3) is 17.0. The summed E-state index contributed by atoms with van der Waals surface area (Å²) in [6.07, 6.45) is -0.297. The summed E-state index contributed by atoms with van der Waals surface area (Å²) in [7, 11) is 3.92. The number of carbonyl (C=O) groups excluding carboxylic acids is 5. The first-order valence-corrected chi connectivity index (χ1v) is 20.8. The van der Waals surface area contributed by atoms with E-state index < -0.39 is 66.9 Å². The van der Waals surface area contributed by atoms with Gasteiger partial charge >= 0.3 is 12.1 Å². The van der Waals surface area contributed by atoms with E-state index in [-0.39, 0.29) is 46.8 Å². The number of aliphatic hydroxyl groups excluding tert-OH is 3. The molecule has 0 aliphatic carbocycles. The summed E-state index contributed by atoms with van der Waals surface area (Å²) < 4.78 is 32.1. The minimum atomic E-state index is -1.50. The lowest BCUT2D eigenvalue weighted by molar-refractivity contribution is -0.261. The summed E-state index contributed by atoms with van der Waals surface area (Å²) in [4.78, 5) is 62.5. The highest BCUT2D eigenvalue weighted by Crippen LogP contribution is 2.34. The number of aliphatic hydroxyl groups is 3. The van der Waals surface area contributed by atoms with E-state index in [2.05, 4.69) is 16.0 Å². The molecule has 0 radical (unpaired) electrons. The normalized spacial score (nSPS) is 19.3. The Morgan fingerprint density at radius 2 is 1.59 bits per heavy atom. The number of hydrogen-bond donors (Lipinski definition) is 6. The molecule has 17 nitrogen and oxygen atoms in total. The van der Waals surface area contributed by atoms with Gasteiger partial charge in [0, 0.05) is 39.0 Å². The average Bonchev–Trinajstić information content (AvgIpc) is 3.21. The van der Waals surface area contributed by atoms with Gasteiger partial charge in [0.15, 0.2) is 6.29 Å². The van der Waals surface area contributed by atoms with Crippen molar-refractivity contribution in [2.75, 3.05) is 34.5 Å². The zero-order chi connectivity index (χ0) is 45.1. The minimum Gasteiger partial charge on any atom is -0.496 e. The average molecular weight is 880 g/mol. The topological polar surface area (TPSA) is 238 Å². The number of carbonyl (C=O) groups is 5. The van der Waals surface area contributed by atoms with Crippen LogP contribution in [-0.2, 0) is 46.4 Å². The molecule has 2 aromatic carbocycles. The second kappa shape index (κ2) is 25.4. The quantitative estimate of drug-likeness (QED) is 0.0648. The van der Waals surface area contributed by atoms with Gasteiger partial charge in [-0.25, -0.2) is 9.59 Å². The van der Waals surface area contributed by atoms with Gasteiger partial charge in [-0.2, -0.15) is 0 Å². The third-order valence-electron chi connectivity index (χ3n) is 9.72. The number of rotatable bonds is 24. The maximum atomic E-state index is 13.3. The highest BCUT2D eigenvalue weighted by atomic mass is 35.5. The molecule has 0 saturated carbocycles. The molecule has 6 atom stereocenters. The van der Waals surface area contributed by atoms with Gasteiger partial charge in [-0.3, -0.25) is 14.4 Å². The summed E-state index contributed by atoms with van der Waals surface area (Å²) in [6, 6.07) is 8.22.